The Kier molecular flexibility index (Phi) is 5.67. The molecule has 1 saturated heterocycles. The van der Waals surface area contributed by atoms with Crippen LogP contribution in [0.2, 0.25) is 0 Å². The summed E-state index contributed by atoms with van der Waals surface area (Å²) in [5.74, 6) is -0.276. The average molecular weight is 484 g/mol. The van der Waals surface area contributed by atoms with Crippen LogP contribution in [0, 0.1) is 0 Å². The van der Waals surface area contributed by atoms with Crippen LogP contribution in [-0.2, 0) is 6.54 Å². The van der Waals surface area contributed by atoms with Gasteiger partial charge in [-0.1, -0.05) is 47.7 Å². The summed E-state index contributed by atoms with van der Waals surface area (Å²) in [6, 6.07) is 21.0. The van der Waals surface area contributed by atoms with Gasteiger partial charge in [0.2, 0.25) is 0 Å². The van der Waals surface area contributed by atoms with Crippen molar-refractivity contribution in [1.82, 2.24) is 19.9 Å². The van der Waals surface area contributed by atoms with Crippen molar-refractivity contribution in [1.29, 1.82) is 0 Å². The molecule has 4 heterocycles. The van der Waals surface area contributed by atoms with Gasteiger partial charge in [-0.25, -0.2) is 19.3 Å². The summed E-state index contributed by atoms with van der Waals surface area (Å²) >= 11 is 1.48. The largest absolute Gasteiger partial charge is 0.320 e. The molecular formula is C27H22FN5OS. The van der Waals surface area contributed by atoms with E-state index in [-0.39, 0.29) is 5.91 Å². The van der Waals surface area contributed by atoms with E-state index < -0.39 is 6.17 Å². The van der Waals surface area contributed by atoms with Gasteiger partial charge in [-0.05, 0) is 42.3 Å². The highest BCUT2D eigenvalue weighted by molar-refractivity contribution is 7.21. The molecule has 0 unspecified atom stereocenters. The maximum Gasteiger partial charge on any atom is 0.274 e. The van der Waals surface area contributed by atoms with Crippen molar-refractivity contribution < 1.29 is 9.18 Å². The zero-order valence-electron chi connectivity index (χ0n) is 18.8. The quantitative estimate of drug-likeness (QED) is 0.347. The smallest absolute Gasteiger partial charge is 0.274 e. The molecule has 8 heteroatoms. The lowest BCUT2D eigenvalue weighted by molar-refractivity contribution is 0.102. The van der Waals surface area contributed by atoms with Gasteiger partial charge in [0.25, 0.3) is 5.91 Å². The fourth-order valence-electron chi connectivity index (χ4n) is 4.41. The molecule has 6 nitrogen and oxygen atoms in total. The predicted octanol–water partition coefficient (Wildman–Crippen LogP) is 5.70. The number of thiazole rings is 1. The van der Waals surface area contributed by atoms with Gasteiger partial charge in [-0.2, -0.15) is 0 Å². The first-order valence-corrected chi connectivity index (χ1v) is 12.3. The van der Waals surface area contributed by atoms with Crippen molar-refractivity contribution in [3.63, 3.8) is 0 Å². The summed E-state index contributed by atoms with van der Waals surface area (Å²) < 4.78 is 13.5. The molecule has 1 amide bonds. The summed E-state index contributed by atoms with van der Waals surface area (Å²) in [4.78, 5) is 29.8. The van der Waals surface area contributed by atoms with E-state index in [1.807, 2.05) is 66.9 Å². The van der Waals surface area contributed by atoms with E-state index in [2.05, 4.69) is 20.2 Å². The number of alkyl halides is 1. The van der Waals surface area contributed by atoms with Gasteiger partial charge in [-0.15, -0.1) is 0 Å². The fourth-order valence-corrected chi connectivity index (χ4v) is 5.34. The van der Waals surface area contributed by atoms with Crippen LogP contribution in [0.15, 0.2) is 72.9 Å². The first-order valence-electron chi connectivity index (χ1n) is 11.5. The van der Waals surface area contributed by atoms with Gasteiger partial charge in [0.15, 0.2) is 0 Å². The Bertz CT molecular complexity index is 1550. The lowest BCUT2D eigenvalue weighted by Crippen LogP contribution is -2.20. The van der Waals surface area contributed by atoms with Crippen LogP contribution in [0.4, 0.5) is 10.1 Å². The van der Waals surface area contributed by atoms with Crippen molar-refractivity contribution in [2.24, 2.45) is 0 Å². The van der Waals surface area contributed by atoms with Crippen molar-refractivity contribution in [2.45, 2.75) is 19.1 Å². The molecule has 174 valence electrons. The number of carbonyl (C=O) groups excluding carboxylic acids is 1. The second kappa shape index (κ2) is 9.13. The molecule has 1 fully saturated rings. The van der Waals surface area contributed by atoms with E-state index in [9.17, 15) is 9.18 Å². The van der Waals surface area contributed by atoms with Crippen molar-refractivity contribution in [3.8, 4) is 10.6 Å². The number of pyridine rings is 2. The number of halogens is 1. The van der Waals surface area contributed by atoms with Crippen LogP contribution in [0.3, 0.4) is 0 Å². The van der Waals surface area contributed by atoms with Crippen LogP contribution in [0.25, 0.3) is 31.8 Å². The standard InChI is InChI=1S/C27H22FN5OS/c28-19-11-12-33(16-19)15-17-13-24-27(29-14-17)35-26(32-24)20-6-2-4-8-22(20)31-25(34)23-10-9-18-5-1-3-7-21(18)30-23/h1-10,13-14,19H,11-12,15-16H2,(H,31,34)/t19-/m0/s1. The minimum Gasteiger partial charge on any atom is -0.320 e. The van der Waals surface area contributed by atoms with Crippen LogP contribution in [0.1, 0.15) is 22.5 Å². The summed E-state index contributed by atoms with van der Waals surface area (Å²) in [6.07, 6.45) is 1.69. The van der Waals surface area contributed by atoms with Gasteiger partial charge >= 0.3 is 0 Å². The predicted molar refractivity (Wildman–Crippen MR) is 137 cm³/mol. The summed E-state index contributed by atoms with van der Waals surface area (Å²) in [7, 11) is 0. The first-order chi connectivity index (χ1) is 17.1. The molecule has 35 heavy (non-hydrogen) atoms. The van der Waals surface area contributed by atoms with Crippen LogP contribution in [-0.4, -0.2) is 45.0 Å². The highest BCUT2D eigenvalue weighted by Crippen LogP contribution is 2.34. The Balaban J connectivity index is 1.26. The number of rotatable bonds is 5. The molecule has 0 aliphatic carbocycles. The minimum atomic E-state index is -0.742. The Labute approximate surface area is 205 Å². The van der Waals surface area contributed by atoms with Crippen LogP contribution < -0.4 is 5.32 Å². The number of likely N-dealkylation sites (tertiary alicyclic amines) is 1. The number of aromatic nitrogens is 3. The molecule has 1 aliphatic heterocycles. The fraction of sp³-hybridized carbons (Fsp3) is 0.185. The summed E-state index contributed by atoms with van der Waals surface area (Å²) in [5, 5.41) is 4.76. The Morgan fingerprint density at radius 1 is 1.06 bits per heavy atom. The van der Waals surface area contributed by atoms with E-state index in [1.165, 1.54) is 11.3 Å². The van der Waals surface area contributed by atoms with E-state index in [0.717, 1.165) is 43.9 Å². The normalized spacial score (nSPS) is 16.2. The molecule has 0 radical (unpaired) electrons. The number of hydrogen-bond acceptors (Lipinski definition) is 6. The number of carbonyl (C=O) groups is 1. The van der Waals surface area contributed by atoms with Gasteiger partial charge in [0.05, 0.1) is 11.2 Å². The number of amides is 1. The van der Waals surface area contributed by atoms with Crippen LogP contribution in [0.5, 0.6) is 0 Å². The van der Waals surface area contributed by atoms with Gasteiger partial charge < -0.3 is 5.32 Å². The lowest BCUT2D eigenvalue weighted by atomic mass is 10.1. The maximum absolute atomic E-state index is 13.5. The van der Waals surface area contributed by atoms with E-state index >= 15 is 0 Å². The Morgan fingerprint density at radius 3 is 2.80 bits per heavy atom. The molecule has 0 spiro atoms. The van der Waals surface area contributed by atoms with E-state index in [0.29, 0.717) is 30.9 Å². The topological polar surface area (TPSA) is 71.0 Å². The molecule has 2 aromatic carbocycles. The second-order valence-corrected chi connectivity index (χ2v) is 9.67. The maximum atomic E-state index is 13.5. The third-order valence-corrected chi connectivity index (χ3v) is 7.17. The van der Waals surface area contributed by atoms with Crippen molar-refractivity contribution in [3.05, 3.63) is 84.2 Å². The van der Waals surface area contributed by atoms with Gasteiger partial charge in [0, 0.05) is 36.8 Å². The monoisotopic (exact) mass is 483 g/mol. The summed E-state index contributed by atoms with van der Waals surface area (Å²) in [6.45, 7) is 1.90. The van der Waals surface area contributed by atoms with Gasteiger partial charge in [-0.3, -0.25) is 9.69 Å². The zero-order valence-corrected chi connectivity index (χ0v) is 19.6. The number of nitrogens with zero attached hydrogens (tertiary/aromatic N) is 4. The number of hydrogen-bond donors (Lipinski definition) is 1. The third kappa shape index (κ3) is 4.50. The molecule has 1 atom stereocenters. The minimum absolute atomic E-state index is 0.276. The molecule has 5 aromatic rings. The number of para-hydroxylation sites is 2. The highest BCUT2D eigenvalue weighted by Gasteiger charge is 2.22. The SMILES string of the molecule is O=C(Nc1ccccc1-c1nc2cc(CN3CC[C@H](F)C3)cnc2s1)c1ccc2ccccc2n1. The van der Waals surface area contributed by atoms with Gasteiger partial charge in [0.1, 0.15) is 27.2 Å². The number of anilines is 1. The van der Waals surface area contributed by atoms with Crippen molar-refractivity contribution >= 4 is 44.2 Å². The number of nitrogens with one attached hydrogen (secondary N) is 1. The van der Waals surface area contributed by atoms with E-state index in [1.54, 1.807) is 6.07 Å². The molecule has 0 saturated carbocycles. The molecule has 1 aliphatic rings. The molecule has 6 rings (SSSR count). The van der Waals surface area contributed by atoms with E-state index in [4.69, 9.17) is 4.98 Å². The Morgan fingerprint density at radius 2 is 1.91 bits per heavy atom. The van der Waals surface area contributed by atoms with Crippen molar-refractivity contribution in [2.75, 3.05) is 18.4 Å². The molecule has 0 bridgehead atoms. The number of fused-ring (bicyclic) bond motifs is 2. The lowest BCUT2D eigenvalue weighted by Gasteiger charge is -2.13. The van der Waals surface area contributed by atoms with Crippen LogP contribution >= 0.6 is 11.3 Å². The average Bonchev–Trinajstić information content (AvgIpc) is 3.49. The molecule has 3 aromatic heterocycles. The third-order valence-electron chi connectivity index (χ3n) is 6.16. The zero-order chi connectivity index (χ0) is 23.8. The molecular weight excluding hydrogens is 461 g/mol. The number of benzene rings is 2. The first kappa shape index (κ1) is 21.8. The summed E-state index contributed by atoms with van der Waals surface area (Å²) in [5.41, 5.74) is 4.44. The highest BCUT2D eigenvalue weighted by atomic mass is 32.1. The second-order valence-electron chi connectivity index (χ2n) is 8.70. The Hall–Kier alpha value is -3.75. The molecule has 1 N–H and O–H groups in total.